The fourth-order valence-corrected chi connectivity index (χ4v) is 3.84. The van der Waals surface area contributed by atoms with Gasteiger partial charge in [0.05, 0.1) is 12.7 Å². The van der Waals surface area contributed by atoms with Gasteiger partial charge in [0.2, 0.25) is 11.6 Å². The number of hydrogen-bond donors (Lipinski definition) is 0. The Morgan fingerprint density at radius 1 is 0.931 bits per heavy atom. The van der Waals surface area contributed by atoms with Crippen molar-refractivity contribution >= 4 is 33.6 Å². The zero-order valence-corrected chi connectivity index (χ0v) is 15.5. The van der Waals surface area contributed by atoms with Crippen LogP contribution in [0.25, 0.3) is 16.3 Å². The molecule has 0 radical (unpaired) electrons. The summed E-state index contributed by atoms with van der Waals surface area (Å²) in [6, 6.07) is 18.4. The van der Waals surface area contributed by atoms with E-state index in [1.165, 1.54) is 7.11 Å². The quantitative estimate of drug-likeness (QED) is 0.498. The topological polar surface area (TPSA) is 64.8 Å². The summed E-state index contributed by atoms with van der Waals surface area (Å²) in [5.74, 6) is -1.17. The Hall–Kier alpha value is -3.99. The second kappa shape index (κ2) is 6.27. The van der Waals surface area contributed by atoms with E-state index in [-0.39, 0.29) is 28.4 Å². The second-order valence-electron chi connectivity index (χ2n) is 6.88. The predicted molar refractivity (Wildman–Crippen MR) is 109 cm³/mol. The van der Waals surface area contributed by atoms with Crippen LogP contribution < -0.4 is 0 Å². The highest BCUT2D eigenvalue weighted by molar-refractivity contribution is 6.28. The van der Waals surface area contributed by atoms with E-state index >= 15 is 0 Å². The van der Waals surface area contributed by atoms with Crippen molar-refractivity contribution in [1.29, 1.82) is 0 Å². The molecule has 0 bridgehead atoms. The number of carbonyl (C=O) groups excluding carboxylic acids is 3. The predicted octanol–water partition coefficient (Wildman–Crippen LogP) is 4.23. The third-order valence-electron chi connectivity index (χ3n) is 5.24. The molecular formula is C24H15NO4. The monoisotopic (exact) mass is 381 g/mol. The van der Waals surface area contributed by atoms with Crippen molar-refractivity contribution < 1.29 is 19.1 Å². The maximum absolute atomic E-state index is 13.5. The zero-order valence-electron chi connectivity index (χ0n) is 15.5. The summed E-state index contributed by atoms with van der Waals surface area (Å²) in [5.41, 5.74) is 1.59. The van der Waals surface area contributed by atoms with Crippen LogP contribution in [0, 0.1) is 0 Å². The molecule has 1 aliphatic rings. The second-order valence-corrected chi connectivity index (χ2v) is 6.88. The van der Waals surface area contributed by atoms with Gasteiger partial charge in [-0.2, -0.15) is 0 Å². The van der Waals surface area contributed by atoms with E-state index in [1.807, 2.05) is 30.3 Å². The van der Waals surface area contributed by atoms with Gasteiger partial charge in [-0.1, -0.05) is 36.4 Å². The highest BCUT2D eigenvalue weighted by Crippen LogP contribution is 2.29. The minimum atomic E-state index is -0.420. The molecular weight excluding hydrogens is 366 g/mol. The molecule has 140 valence electrons. The third kappa shape index (κ3) is 2.51. The molecule has 5 heteroatoms. The number of benzene rings is 2. The average molecular weight is 381 g/mol. The van der Waals surface area contributed by atoms with Crippen LogP contribution in [0.4, 0.5) is 0 Å². The number of pyridine rings is 1. The summed E-state index contributed by atoms with van der Waals surface area (Å²) in [5, 5.41) is 1.94. The average Bonchev–Trinajstić information content (AvgIpc) is 3.22. The highest BCUT2D eigenvalue weighted by Gasteiger charge is 2.33. The van der Waals surface area contributed by atoms with Crippen LogP contribution in [0.1, 0.15) is 36.8 Å². The van der Waals surface area contributed by atoms with E-state index in [9.17, 15) is 14.4 Å². The van der Waals surface area contributed by atoms with E-state index < -0.39 is 11.6 Å². The van der Waals surface area contributed by atoms with E-state index in [2.05, 4.69) is 0 Å². The fraction of sp³-hybridized carbons (Fsp3) is 0.0417. The van der Waals surface area contributed by atoms with Gasteiger partial charge in [0.1, 0.15) is 5.69 Å². The van der Waals surface area contributed by atoms with Crippen molar-refractivity contribution in [2.45, 2.75) is 0 Å². The molecule has 5 nitrogen and oxygen atoms in total. The number of aromatic nitrogens is 1. The van der Waals surface area contributed by atoms with Crippen LogP contribution in [0.5, 0.6) is 0 Å². The molecule has 2 aromatic carbocycles. The molecule has 4 aromatic rings. The van der Waals surface area contributed by atoms with E-state index in [0.717, 1.165) is 16.8 Å². The highest BCUT2D eigenvalue weighted by atomic mass is 16.5. The number of carbonyl (C=O) groups is 3. The summed E-state index contributed by atoms with van der Waals surface area (Å²) in [6.45, 7) is 0. The van der Waals surface area contributed by atoms with E-state index in [0.29, 0.717) is 11.1 Å². The Bertz CT molecular complexity index is 1390. The number of methoxy groups -OCH3 is 1. The molecule has 1 aliphatic carbocycles. The summed E-state index contributed by atoms with van der Waals surface area (Å²) in [4.78, 5) is 39.2. The Morgan fingerprint density at radius 3 is 2.52 bits per heavy atom. The first-order valence-corrected chi connectivity index (χ1v) is 9.11. The maximum atomic E-state index is 13.5. The van der Waals surface area contributed by atoms with Gasteiger partial charge >= 0.3 is 0 Å². The van der Waals surface area contributed by atoms with Gasteiger partial charge in [-0.25, -0.2) is 0 Å². The van der Waals surface area contributed by atoms with Crippen LogP contribution in [0.15, 0.2) is 78.7 Å². The fourth-order valence-electron chi connectivity index (χ4n) is 3.84. The number of allylic oxidation sites excluding steroid dienone is 2. The third-order valence-corrected chi connectivity index (χ3v) is 5.24. The Balaban J connectivity index is 1.78. The van der Waals surface area contributed by atoms with Crippen LogP contribution in [-0.4, -0.2) is 28.9 Å². The molecule has 5 rings (SSSR count). The number of fused-ring (bicyclic) bond motifs is 3. The zero-order chi connectivity index (χ0) is 20.1. The van der Waals surface area contributed by atoms with Crippen molar-refractivity contribution in [3.8, 4) is 0 Å². The Kier molecular flexibility index (Phi) is 3.71. The van der Waals surface area contributed by atoms with Gasteiger partial charge in [-0.05, 0) is 35.0 Å². The first-order valence-electron chi connectivity index (χ1n) is 9.11. The molecule has 0 amide bonds. The minimum absolute atomic E-state index is 0.0255. The molecule has 0 saturated carbocycles. The first-order chi connectivity index (χ1) is 14.1. The lowest BCUT2D eigenvalue weighted by molar-refractivity contribution is 0.0914. The van der Waals surface area contributed by atoms with Gasteiger partial charge < -0.3 is 9.14 Å². The molecule has 2 heterocycles. The number of rotatable bonds is 3. The van der Waals surface area contributed by atoms with Gasteiger partial charge in [-0.15, -0.1) is 0 Å². The summed E-state index contributed by atoms with van der Waals surface area (Å²) in [6.07, 6.45) is 2.87. The standard InChI is InChI=1S/C24H15NO4/c1-29-20-13-19(26)21-18(24(20)28)12-17-7-4-10-25(17)22(21)23(27)16-9-8-14-5-2-3-6-15(14)11-16/h2-13H,1H3. The molecule has 0 fully saturated rings. The summed E-state index contributed by atoms with van der Waals surface area (Å²) < 4.78 is 6.72. The van der Waals surface area contributed by atoms with Crippen molar-refractivity contribution in [1.82, 2.24) is 4.40 Å². The Labute approximate surface area is 165 Å². The number of nitrogens with zero attached hydrogens (tertiary/aromatic N) is 1. The normalized spacial score (nSPS) is 13.5. The molecule has 0 saturated heterocycles. The molecule has 2 aromatic heterocycles. The lowest BCUT2D eigenvalue weighted by Gasteiger charge is -2.19. The van der Waals surface area contributed by atoms with Gasteiger partial charge in [0.25, 0.3) is 0 Å². The number of Topliss-reactive ketones (excluding diaryl/α,β-unsaturated/α-hetero) is 1. The number of ether oxygens (including phenoxy) is 1. The molecule has 29 heavy (non-hydrogen) atoms. The largest absolute Gasteiger partial charge is 0.492 e. The summed E-state index contributed by atoms with van der Waals surface area (Å²) in [7, 11) is 1.35. The minimum Gasteiger partial charge on any atom is -0.492 e. The Morgan fingerprint density at radius 2 is 1.72 bits per heavy atom. The first kappa shape index (κ1) is 17.1. The van der Waals surface area contributed by atoms with Gasteiger partial charge in [0.15, 0.2) is 11.5 Å². The smallest absolute Gasteiger partial charge is 0.228 e. The number of ketones is 3. The number of hydrogen-bond acceptors (Lipinski definition) is 4. The van der Waals surface area contributed by atoms with Gasteiger partial charge in [0, 0.05) is 28.9 Å². The van der Waals surface area contributed by atoms with Crippen LogP contribution in [-0.2, 0) is 4.74 Å². The lowest BCUT2D eigenvalue weighted by Crippen LogP contribution is -2.24. The van der Waals surface area contributed by atoms with Crippen LogP contribution in [0.2, 0.25) is 0 Å². The van der Waals surface area contributed by atoms with Crippen LogP contribution in [0.3, 0.4) is 0 Å². The molecule has 0 unspecified atom stereocenters. The van der Waals surface area contributed by atoms with Crippen molar-refractivity contribution in [3.05, 3.63) is 101 Å². The lowest BCUT2D eigenvalue weighted by atomic mass is 9.89. The molecule has 0 N–H and O–H groups in total. The van der Waals surface area contributed by atoms with Crippen molar-refractivity contribution in [3.63, 3.8) is 0 Å². The SMILES string of the molecule is COC1=CC(=O)c2c(cc3cccn3c2C(=O)c2ccc3ccccc3c2)C1=O. The molecule has 0 spiro atoms. The van der Waals surface area contributed by atoms with Gasteiger partial charge in [-0.3, -0.25) is 14.4 Å². The van der Waals surface area contributed by atoms with Crippen molar-refractivity contribution in [2.75, 3.05) is 7.11 Å². The maximum Gasteiger partial charge on any atom is 0.228 e. The van der Waals surface area contributed by atoms with Crippen molar-refractivity contribution in [2.24, 2.45) is 0 Å². The molecule has 0 aliphatic heterocycles. The summed E-state index contributed by atoms with van der Waals surface area (Å²) >= 11 is 0. The van der Waals surface area contributed by atoms with E-state index in [4.69, 9.17) is 4.74 Å². The van der Waals surface area contributed by atoms with Crippen LogP contribution >= 0.6 is 0 Å². The molecule has 0 atom stereocenters. The van der Waals surface area contributed by atoms with E-state index in [1.54, 1.807) is 40.9 Å².